The van der Waals surface area contributed by atoms with Crippen LogP contribution in [0, 0.1) is 11.8 Å². The Bertz CT molecular complexity index is 1560. The smallest absolute Gasteiger partial charge is 0.339 e. The van der Waals surface area contributed by atoms with Gasteiger partial charge >= 0.3 is 5.97 Å². The van der Waals surface area contributed by atoms with E-state index in [1.807, 2.05) is 26.8 Å². The number of ether oxygens (including phenoxy) is 1. The van der Waals surface area contributed by atoms with Gasteiger partial charge in [0.2, 0.25) is 16.0 Å². The largest absolute Gasteiger partial charge is 0.496 e. The van der Waals surface area contributed by atoms with Gasteiger partial charge in [-0.3, -0.25) is 0 Å². The Morgan fingerprint density at radius 2 is 1.59 bits per heavy atom. The van der Waals surface area contributed by atoms with Crippen LogP contribution < -0.4 is 9.64 Å². The number of rotatable bonds is 9. The summed E-state index contributed by atoms with van der Waals surface area (Å²) in [7, 11) is -2.09. The van der Waals surface area contributed by atoms with Crippen LogP contribution in [-0.4, -0.2) is 67.1 Å². The number of hydrogen-bond acceptors (Lipinski definition) is 7. The number of hydrogen-bond donors (Lipinski definition) is 1. The van der Waals surface area contributed by atoms with Crippen molar-refractivity contribution in [1.82, 2.24) is 14.3 Å². The Balaban J connectivity index is 1.23. The number of aromatic nitrogens is 2. The lowest BCUT2D eigenvalue weighted by atomic mass is 9.86. The van der Waals surface area contributed by atoms with Gasteiger partial charge < -0.3 is 14.7 Å². The molecule has 3 heterocycles. The predicted octanol–water partition coefficient (Wildman–Crippen LogP) is 5.58. The Morgan fingerprint density at radius 3 is 2.20 bits per heavy atom. The molecule has 2 aromatic carbocycles. The van der Waals surface area contributed by atoms with Crippen molar-refractivity contribution >= 4 is 21.9 Å². The van der Waals surface area contributed by atoms with Gasteiger partial charge in [0, 0.05) is 37.9 Å². The number of anilines is 1. The van der Waals surface area contributed by atoms with E-state index in [-0.39, 0.29) is 21.8 Å². The summed E-state index contributed by atoms with van der Waals surface area (Å²) in [4.78, 5) is 23.7. The standard InChI is InChI=1S/C34H44N4O5S/c1-34(2,3)29-22-27(10-11-31(29)43-4)44(41,42)38-18-14-26(15-19-38)21-30-28(32(39)40)23-35-33(36-30)37-16-12-25(13-17-37)20-24-8-6-5-7-9-24/h5-11,22-23,25-26H,12-21H2,1-4H3,(H,39,40). The van der Waals surface area contributed by atoms with Gasteiger partial charge in [-0.25, -0.2) is 23.2 Å². The summed E-state index contributed by atoms with van der Waals surface area (Å²) in [5.74, 6) is 0.940. The third-order valence-electron chi connectivity index (χ3n) is 9.02. The molecule has 0 amide bonds. The minimum Gasteiger partial charge on any atom is -0.496 e. The summed E-state index contributed by atoms with van der Waals surface area (Å²) < 4.78 is 34.2. The van der Waals surface area contributed by atoms with Crippen LogP contribution >= 0.6 is 0 Å². The summed E-state index contributed by atoms with van der Waals surface area (Å²) in [6, 6.07) is 15.6. The van der Waals surface area contributed by atoms with Gasteiger partial charge in [0.05, 0.1) is 23.3 Å². The number of piperidine rings is 2. The molecule has 5 rings (SSSR count). The van der Waals surface area contributed by atoms with Crippen LogP contribution in [0.3, 0.4) is 0 Å². The molecule has 9 nitrogen and oxygen atoms in total. The van der Waals surface area contributed by atoms with E-state index in [1.165, 1.54) is 11.8 Å². The molecule has 0 bridgehead atoms. The first kappa shape index (κ1) is 31.9. The molecular weight excluding hydrogens is 576 g/mol. The molecule has 2 fully saturated rings. The molecule has 0 radical (unpaired) electrons. The average molecular weight is 621 g/mol. The first-order valence-electron chi connectivity index (χ1n) is 15.5. The lowest BCUT2D eigenvalue weighted by Gasteiger charge is -2.33. The Morgan fingerprint density at radius 1 is 0.955 bits per heavy atom. The molecule has 1 aromatic heterocycles. The monoisotopic (exact) mass is 620 g/mol. The summed E-state index contributed by atoms with van der Waals surface area (Å²) in [6.07, 6.45) is 6.30. The van der Waals surface area contributed by atoms with Crippen molar-refractivity contribution in [1.29, 1.82) is 0 Å². The lowest BCUT2D eigenvalue weighted by molar-refractivity contribution is 0.0694. The molecule has 44 heavy (non-hydrogen) atoms. The third kappa shape index (κ3) is 7.24. The van der Waals surface area contributed by atoms with E-state index in [4.69, 9.17) is 9.72 Å². The van der Waals surface area contributed by atoms with Crippen molar-refractivity contribution in [2.75, 3.05) is 38.2 Å². The number of sulfonamides is 1. The minimum atomic E-state index is -3.68. The fourth-order valence-corrected chi connectivity index (χ4v) is 7.88. The molecule has 0 aliphatic carbocycles. The van der Waals surface area contributed by atoms with Crippen LogP contribution in [0.5, 0.6) is 5.75 Å². The zero-order chi connectivity index (χ0) is 31.5. The molecule has 2 aliphatic heterocycles. The van der Waals surface area contributed by atoms with Gasteiger partial charge in [0.15, 0.2) is 0 Å². The topological polar surface area (TPSA) is 113 Å². The van der Waals surface area contributed by atoms with Crippen LogP contribution in [0.2, 0.25) is 0 Å². The molecule has 2 aliphatic rings. The molecule has 236 valence electrons. The predicted molar refractivity (Wildman–Crippen MR) is 171 cm³/mol. The van der Waals surface area contributed by atoms with Crippen molar-refractivity contribution < 1.29 is 23.1 Å². The maximum Gasteiger partial charge on any atom is 0.339 e. The van der Waals surface area contributed by atoms with Crippen molar-refractivity contribution in [2.24, 2.45) is 11.8 Å². The van der Waals surface area contributed by atoms with E-state index in [0.717, 1.165) is 37.9 Å². The zero-order valence-corrected chi connectivity index (χ0v) is 27.0. The van der Waals surface area contributed by atoms with E-state index in [1.54, 1.807) is 29.6 Å². The molecule has 2 saturated heterocycles. The maximum atomic E-state index is 13.6. The maximum absolute atomic E-state index is 13.6. The van der Waals surface area contributed by atoms with E-state index in [0.29, 0.717) is 55.7 Å². The molecule has 3 aromatic rings. The van der Waals surface area contributed by atoms with Gasteiger partial charge in [-0.15, -0.1) is 0 Å². The van der Waals surface area contributed by atoms with Crippen LogP contribution in [0.1, 0.15) is 73.6 Å². The highest BCUT2D eigenvalue weighted by Gasteiger charge is 2.32. The molecule has 0 atom stereocenters. The minimum absolute atomic E-state index is 0.121. The fraction of sp³-hybridized carbons (Fsp3) is 0.500. The first-order chi connectivity index (χ1) is 21.0. The summed E-state index contributed by atoms with van der Waals surface area (Å²) >= 11 is 0. The van der Waals surface area contributed by atoms with Crippen LogP contribution in [0.25, 0.3) is 0 Å². The Hall–Kier alpha value is -3.50. The Labute approximate surface area is 261 Å². The van der Waals surface area contributed by atoms with Gasteiger partial charge in [-0.1, -0.05) is 51.1 Å². The molecule has 10 heteroatoms. The van der Waals surface area contributed by atoms with Crippen molar-refractivity contribution in [3.63, 3.8) is 0 Å². The summed E-state index contributed by atoms with van der Waals surface area (Å²) in [5, 5.41) is 9.87. The number of methoxy groups -OCH3 is 1. The first-order valence-corrected chi connectivity index (χ1v) is 17.0. The second-order valence-electron chi connectivity index (χ2n) is 13.1. The number of aromatic carboxylic acids is 1. The highest BCUT2D eigenvalue weighted by Crippen LogP contribution is 2.35. The molecule has 0 saturated carbocycles. The third-order valence-corrected chi connectivity index (χ3v) is 10.9. The highest BCUT2D eigenvalue weighted by molar-refractivity contribution is 7.89. The number of carboxylic acids is 1. The SMILES string of the molecule is COc1ccc(S(=O)(=O)N2CCC(Cc3nc(N4CCC(Cc5ccccc5)CC4)ncc3C(=O)O)CC2)cc1C(C)(C)C. The molecule has 1 N–H and O–H groups in total. The molecule has 0 unspecified atom stereocenters. The van der Waals surface area contributed by atoms with E-state index in [2.05, 4.69) is 34.1 Å². The van der Waals surface area contributed by atoms with E-state index in [9.17, 15) is 18.3 Å². The number of carboxylic acid groups (broad SMARTS) is 1. The van der Waals surface area contributed by atoms with Gasteiger partial charge in [-0.2, -0.15) is 4.31 Å². The van der Waals surface area contributed by atoms with Crippen molar-refractivity contribution in [3.8, 4) is 5.75 Å². The summed E-state index contributed by atoms with van der Waals surface area (Å²) in [5.41, 5.74) is 2.57. The van der Waals surface area contributed by atoms with Crippen LogP contribution in [0.15, 0.2) is 59.6 Å². The average Bonchev–Trinajstić information content (AvgIpc) is 3.01. The Kier molecular flexibility index (Phi) is 9.60. The van der Waals surface area contributed by atoms with Crippen molar-refractivity contribution in [3.05, 3.63) is 77.1 Å². The van der Waals surface area contributed by atoms with Gasteiger partial charge in [0.1, 0.15) is 5.75 Å². The number of nitrogens with zero attached hydrogens (tertiary/aromatic N) is 4. The van der Waals surface area contributed by atoms with Crippen LogP contribution in [-0.2, 0) is 28.3 Å². The highest BCUT2D eigenvalue weighted by atomic mass is 32.2. The second-order valence-corrected chi connectivity index (χ2v) is 15.1. The van der Waals surface area contributed by atoms with Crippen LogP contribution in [0.4, 0.5) is 5.95 Å². The van der Waals surface area contributed by atoms with Gasteiger partial charge in [0.25, 0.3) is 0 Å². The number of carbonyl (C=O) groups is 1. The quantitative estimate of drug-likeness (QED) is 0.330. The van der Waals surface area contributed by atoms with E-state index >= 15 is 0 Å². The molecular formula is C34H44N4O5S. The normalized spacial score (nSPS) is 17.5. The fourth-order valence-electron chi connectivity index (χ4n) is 6.39. The van der Waals surface area contributed by atoms with Crippen molar-refractivity contribution in [2.45, 2.75) is 69.6 Å². The molecule has 0 spiro atoms. The number of benzene rings is 2. The summed E-state index contributed by atoms with van der Waals surface area (Å²) in [6.45, 7) is 8.52. The lowest BCUT2D eigenvalue weighted by Crippen LogP contribution is -2.39. The zero-order valence-electron chi connectivity index (χ0n) is 26.2. The van der Waals surface area contributed by atoms with Gasteiger partial charge in [-0.05, 0) is 79.5 Å². The van der Waals surface area contributed by atoms with E-state index < -0.39 is 16.0 Å². The second kappa shape index (κ2) is 13.2.